The van der Waals surface area contributed by atoms with Gasteiger partial charge in [-0.2, -0.15) is 0 Å². The molecule has 4 heteroatoms. The van der Waals surface area contributed by atoms with E-state index in [1.165, 1.54) is 6.07 Å². The molecule has 0 fully saturated rings. The molecule has 0 atom stereocenters. The third kappa shape index (κ3) is 1.30. The third-order valence-electron chi connectivity index (χ3n) is 2.07. The number of hydrogen-bond donors (Lipinski definition) is 0. The molecule has 0 radical (unpaired) electrons. The molecule has 74 valence electrons. The summed E-state index contributed by atoms with van der Waals surface area (Å²) in [5.41, 5.74) is 0.832. The average Bonchev–Trinajstić information content (AvgIpc) is 2.46. The van der Waals surface area contributed by atoms with E-state index in [-0.39, 0.29) is 0 Å². The summed E-state index contributed by atoms with van der Waals surface area (Å²) >= 11 is 0.834. The third-order valence-corrected chi connectivity index (χ3v) is 3.40. The molecule has 0 aliphatic heterocycles. The van der Waals surface area contributed by atoms with Crippen LogP contribution in [0.1, 0.15) is 16.9 Å². The number of thiophene rings is 1. The minimum absolute atomic E-state index is 0.297. The van der Waals surface area contributed by atoms with Crippen LogP contribution in [-0.4, -0.2) is 0 Å². The Bertz CT molecular complexity index is 473. The fraction of sp³-hybridized carbons (Fsp3) is 0.200. The van der Waals surface area contributed by atoms with Crippen LogP contribution in [0.5, 0.6) is 0 Å². The lowest BCUT2D eigenvalue weighted by molar-refractivity contribution is 0.151. The van der Waals surface area contributed by atoms with Crippen molar-refractivity contribution in [1.82, 2.24) is 0 Å². The van der Waals surface area contributed by atoms with E-state index < -0.39 is 17.1 Å². The molecule has 1 aromatic carbocycles. The van der Waals surface area contributed by atoms with Crippen molar-refractivity contribution in [3.05, 3.63) is 34.5 Å². The molecule has 2 rings (SSSR count). The topological polar surface area (TPSA) is 0 Å². The molecule has 0 saturated heterocycles. The molecule has 0 spiro atoms. The fourth-order valence-corrected chi connectivity index (χ4v) is 2.39. The van der Waals surface area contributed by atoms with Gasteiger partial charge in [0, 0.05) is 10.1 Å². The number of fused-ring (bicyclic) bond motifs is 1. The standard InChI is InChI=1S/C10H7F3S/c1-5-3-2-4-6-7(11)9(10(12)13)14-8(5)6/h2-4,10H,1H3. The number of benzene rings is 1. The number of halogens is 3. The first-order valence-corrected chi connectivity index (χ1v) is 4.88. The summed E-state index contributed by atoms with van der Waals surface area (Å²) in [6.07, 6.45) is -2.73. The highest BCUT2D eigenvalue weighted by Crippen LogP contribution is 2.37. The molecule has 0 bridgehead atoms. The molecule has 0 unspecified atom stereocenters. The Morgan fingerprint density at radius 3 is 2.57 bits per heavy atom. The Morgan fingerprint density at radius 1 is 1.29 bits per heavy atom. The second-order valence-electron chi connectivity index (χ2n) is 3.03. The predicted molar refractivity (Wildman–Crippen MR) is 51.5 cm³/mol. The Morgan fingerprint density at radius 2 is 2.00 bits per heavy atom. The van der Waals surface area contributed by atoms with E-state index in [0.717, 1.165) is 16.9 Å². The van der Waals surface area contributed by atoms with E-state index in [9.17, 15) is 13.2 Å². The molecule has 0 nitrogen and oxygen atoms in total. The largest absolute Gasteiger partial charge is 0.275 e. The van der Waals surface area contributed by atoms with E-state index in [2.05, 4.69) is 0 Å². The van der Waals surface area contributed by atoms with Crippen molar-refractivity contribution in [3.8, 4) is 0 Å². The van der Waals surface area contributed by atoms with Gasteiger partial charge in [0.15, 0.2) is 5.82 Å². The van der Waals surface area contributed by atoms with E-state index in [1.807, 2.05) is 0 Å². The lowest BCUT2D eigenvalue weighted by atomic mass is 10.2. The summed E-state index contributed by atoms with van der Waals surface area (Å²) in [4.78, 5) is -0.464. The molecular weight excluding hydrogens is 209 g/mol. The van der Waals surface area contributed by atoms with Gasteiger partial charge in [0.05, 0.1) is 0 Å². The molecular formula is C10H7F3S. The lowest BCUT2D eigenvalue weighted by Gasteiger charge is -1.92. The van der Waals surface area contributed by atoms with E-state index >= 15 is 0 Å². The Labute approximate surface area is 83.0 Å². The number of hydrogen-bond acceptors (Lipinski definition) is 1. The first-order chi connectivity index (χ1) is 6.61. The first-order valence-electron chi connectivity index (χ1n) is 4.07. The number of aryl methyl sites for hydroxylation is 1. The second-order valence-corrected chi connectivity index (χ2v) is 4.08. The Kier molecular flexibility index (Phi) is 2.23. The maximum Gasteiger partial charge on any atom is 0.275 e. The van der Waals surface area contributed by atoms with Crippen LogP contribution in [0.3, 0.4) is 0 Å². The van der Waals surface area contributed by atoms with Crippen LogP contribution in [-0.2, 0) is 0 Å². The normalized spacial score (nSPS) is 11.5. The monoisotopic (exact) mass is 216 g/mol. The van der Waals surface area contributed by atoms with Crippen molar-refractivity contribution < 1.29 is 13.2 Å². The lowest BCUT2D eigenvalue weighted by Crippen LogP contribution is -1.81. The number of alkyl halides is 2. The van der Waals surface area contributed by atoms with E-state index in [0.29, 0.717) is 10.1 Å². The van der Waals surface area contributed by atoms with Crippen LogP contribution in [0, 0.1) is 12.7 Å². The Hall–Kier alpha value is -1.03. The summed E-state index contributed by atoms with van der Waals surface area (Å²) < 4.78 is 38.7. The van der Waals surface area contributed by atoms with Crippen LogP contribution in [0.25, 0.3) is 10.1 Å². The molecule has 0 aliphatic rings. The van der Waals surface area contributed by atoms with Crippen LogP contribution < -0.4 is 0 Å². The van der Waals surface area contributed by atoms with Crippen LogP contribution in [0.15, 0.2) is 18.2 Å². The molecule has 2 aromatic rings. The molecule has 0 saturated carbocycles. The van der Waals surface area contributed by atoms with Crippen molar-refractivity contribution in [2.24, 2.45) is 0 Å². The summed E-state index contributed by atoms with van der Waals surface area (Å²) in [5.74, 6) is -0.774. The van der Waals surface area contributed by atoms with Gasteiger partial charge in [0.2, 0.25) is 0 Å². The molecule has 0 amide bonds. The van der Waals surface area contributed by atoms with Gasteiger partial charge in [-0.05, 0) is 12.5 Å². The van der Waals surface area contributed by atoms with E-state index in [1.54, 1.807) is 19.1 Å². The highest BCUT2D eigenvalue weighted by Gasteiger charge is 2.20. The van der Waals surface area contributed by atoms with Crippen molar-refractivity contribution in [1.29, 1.82) is 0 Å². The van der Waals surface area contributed by atoms with Gasteiger partial charge in [0.1, 0.15) is 4.88 Å². The average molecular weight is 216 g/mol. The minimum atomic E-state index is -2.73. The van der Waals surface area contributed by atoms with Gasteiger partial charge in [-0.25, -0.2) is 13.2 Å². The van der Waals surface area contributed by atoms with Gasteiger partial charge in [-0.1, -0.05) is 18.2 Å². The maximum atomic E-state index is 13.4. The number of rotatable bonds is 1. The van der Waals surface area contributed by atoms with Gasteiger partial charge in [0.25, 0.3) is 6.43 Å². The van der Waals surface area contributed by atoms with Crippen LogP contribution >= 0.6 is 11.3 Å². The molecule has 0 aliphatic carbocycles. The van der Waals surface area contributed by atoms with E-state index in [4.69, 9.17) is 0 Å². The summed E-state index contributed by atoms with van der Waals surface area (Å²) in [6.45, 7) is 1.79. The van der Waals surface area contributed by atoms with Crippen molar-refractivity contribution >= 4 is 21.4 Å². The zero-order chi connectivity index (χ0) is 10.3. The second kappa shape index (κ2) is 3.28. The quantitative estimate of drug-likeness (QED) is 0.667. The summed E-state index contributed by atoms with van der Waals surface area (Å²) in [6, 6.07) is 4.98. The maximum absolute atomic E-state index is 13.4. The smallest absolute Gasteiger partial charge is 0.205 e. The fourth-order valence-electron chi connectivity index (χ4n) is 1.39. The summed E-state index contributed by atoms with van der Waals surface area (Å²) in [5, 5.41) is 0.297. The highest BCUT2D eigenvalue weighted by atomic mass is 32.1. The first kappa shape index (κ1) is 9.52. The van der Waals surface area contributed by atoms with Crippen LogP contribution in [0.4, 0.5) is 13.2 Å². The van der Waals surface area contributed by atoms with Gasteiger partial charge < -0.3 is 0 Å². The molecule has 1 heterocycles. The minimum Gasteiger partial charge on any atom is -0.205 e. The van der Waals surface area contributed by atoms with Crippen molar-refractivity contribution in [2.45, 2.75) is 13.3 Å². The SMILES string of the molecule is Cc1cccc2c(F)c(C(F)F)sc12. The van der Waals surface area contributed by atoms with Gasteiger partial charge in [-0.3, -0.25) is 0 Å². The predicted octanol–water partition coefficient (Wildman–Crippen LogP) is 4.29. The molecule has 14 heavy (non-hydrogen) atoms. The van der Waals surface area contributed by atoms with Crippen molar-refractivity contribution in [2.75, 3.05) is 0 Å². The summed E-state index contributed by atoms with van der Waals surface area (Å²) in [7, 11) is 0. The highest BCUT2D eigenvalue weighted by molar-refractivity contribution is 7.19. The molecule has 0 N–H and O–H groups in total. The van der Waals surface area contributed by atoms with Gasteiger partial charge >= 0.3 is 0 Å². The van der Waals surface area contributed by atoms with Crippen molar-refractivity contribution in [3.63, 3.8) is 0 Å². The van der Waals surface area contributed by atoms with Gasteiger partial charge in [-0.15, -0.1) is 11.3 Å². The Balaban J connectivity index is 2.80. The zero-order valence-electron chi connectivity index (χ0n) is 7.35. The van der Waals surface area contributed by atoms with Crippen LogP contribution in [0.2, 0.25) is 0 Å². The molecule has 1 aromatic heterocycles. The zero-order valence-corrected chi connectivity index (χ0v) is 8.17.